The highest BCUT2D eigenvalue weighted by Gasteiger charge is 2.44. The molecule has 4 rings (SSSR count). The third kappa shape index (κ3) is 7.06. The molecule has 3 fully saturated rings. The van der Waals surface area contributed by atoms with Gasteiger partial charge in [-0.05, 0) is 77.9 Å². The van der Waals surface area contributed by atoms with Crippen LogP contribution in [0, 0.1) is 0 Å². The molecular formula is C31H47FN8O2. The van der Waals surface area contributed by atoms with E-state index < -0.39 is 5.67 Å². The van der Waals surface area contributed by atoms with Crippen molar-refractivity contribution in [2.45, 2.75) is 70.1 Å². The first kappa shape index (κ1) is 31.3. The highest BCUT2D eigenvalue weighted by molar-refractivity contribution is 6.06. The van der Waals surface area contributed by atoms with E-state index in [4.69, 9.17) is 15.5 Å². The van der Waals surface area contributed by atoms with Gasteiger partial charge in [-0.2, -0.15) is 0 Å². The van der Waals surface area contributed by atoms with Crippen molar-refractivity contribution in [3.8, 4) is 5.75 Å². The van der Waals surface area contributed by atoms with Crippen LogP contribution in [0.25, 0.3) is 0 Å². The Morgan fingerprint density at radius 1 is 1.24 bits per heavy atom. The van der Waals surface area contributed by atoms with Crippen molar-refractivity contribution in [3.63, 3.8) is 0 Å². The van der Waals surface area contributed by atoms with E-state index in [9.17, 15) is 4.79 Å². The number of likely N-dealkylation sites (tertiary alicyclic amines) is 1. The van der Waals surface area contributed by atoms with Gasteiger partial charge in [-0.1, -0.05) is 19.4 Å². The Bertz CT molecular complexity index is 1230. The molecule has 0 bridgehead atoms. The summed E-state index contributed by atoms with van der Waals surface area (Å²) in [4.78, 5) is 28.3. The maximum atomic E-state index is 16.2. The predicted octanol–water partition coefficient (Wildman–Crippen LogP) is 3.94. The van der Waals surface area contributed by atoms with Crippen LogP contribution in [0.4, 0.5) is 10.1 Å². The number of alkyl halides is 1. The summed E-state index contributed by atoms with van der Waals surface area (Å²) in [7, 11) is 5.42. The molecule has 1 amide bonds. The number of halogens is 1. The lowest BCUT2D eigenvalue weighted by atomic mass is 10.0. The van der Waals surface area contributed by atoms with E-state index >= 15 is 4.39 Å². The number of amides is 1. The maximum absolute atomic E-state index is 16.2. The number of hydrogen-bond donors (Lipinski definition) is 3. The first-order valence-electron chi connectivity index (χ1n) is 15.0. The Kier molecular flexibility index (Phi) is 10.1. The SMILES string of the molecule is C=C(/N=C1\C(=C/N)N(C)/C(=N/CC)C(C)(F)CN1C1CCCC1)Nc1ccc(C(=O)NC2CCN(C)CC2)cc1OC. The lowest BCUT2D eigenvalue weighted by Crippen LogP contribution is -2.48. The molecule has 11 heteroatoms. The fourth-order valence-corrected chi connectivity index (χ4v) is 6.14. The standard InChI is InChI=1S/C31H47FN8O2/c1-7-34-30-31(3,32)20-40(24-10-8-9-11-24)28(26(19-33)39(30)5)36-21(2)35-25-13-12-22(18-27(25)42-6)29(41)37-23-14-16-38(4)17-15-23/h12-13,18-19,23-24,35H,2,7-11,14-17,20,33H2,1,3-6H3,(H,37,41)/b26-19+,34-30+,36-28+. The van der Waals surface area contributed by atoms with E-state index in [1.807, 2.05) is 11.8 Å². The number of rotatable bonds is 8. The Morgan fingerprint density at radius 3 is 2.55 bits per heavy atom. The molecule has 0 spiro atoms. The number of carbonyl (C=O) groups is 1. The Morgan fingerprint density at radius 2 is 1.93 bits per heavy atom. The number of piperidine rings is 1. The first-order valence-corrected chi connectivity index (χ1v) is 15.0. The molecule has 2 heterocycles. The summed E-state index contributed by atoms with van der Waals surface area (Å²) in [6, 6.07) is 5.55. The number of carbonyl (C=O) groups excluding carboxylic acids is 1. The number of aliphatic imine (C=N–C) groups is 2. The van der Waals surface area contributed by atoms with Crippen LogP contribution in [0.5, 0.6) is 5.75 Å². The Labute approximate surface area is 249 Å². The van der Waals surface area contributed by atoms with Gasteiger partial charge in [-0.25, -0.2) is 9.38 Å². The van der Waals surface area contributed by atoms with Gasteiger partial charge in [0.05, 0.1) is 19.3 Å². The van der Waals surface area contributed by atoms with Crippen molar-refractivity contribution in [1.29, 1.82) is 0 Å². The molecule has 1 atom stereocenters. The minimum atomic E-state index is -1.71. The molecule has 0 radical (unpaired) electrons. The van der Waals surface area contributed by atoms with E-state index in [2.05, 4.69) is 34.2 Å². The van der Waals surface area contributed by atoms with Crippen molar-refractivity contribution < 1.29 is 13.9 Å². The van der Waals surface area contributed by atoms with Crippen molar-refractivity contribution in [3.05, 3.63) is 48.1 Å². The lowest BCUT2D eigenvalue weighted by Gasteiger charge is -2.33. The van der Waals surface area contributed by atoms with Crippen LogP contribution in [-0.2, 0) is 0 Å². The minimum absolute atomic E-state index is 0.106. The molecule has 2 aliphatic heterocycles. The number of methoxy groups -OCH3 is 1. The van der Waals surface area contributed by atoms with Gasteiger partial charge in [0, 0.05) is 37.4 Å². The molecular weight excluding hydrogens is 535 g/mol. The normalized spacial score (nSPS) is 25.7. The first-order chi connectivity index (χ1) is 20.1. The second-order valence-electron chi connectivity index (χ2n) is 11.6. The molecule has 4 N–H and O–H groups in total. The minimum Gasteiger partial charge on any atom is -0.495 e. The predicted molar refractivity (Wildman–Crippen MR) is 168 cm³/mol. The molecule has 0 aromatic heterocycles. The summed E-state index contributed by atoms with van der Waals surface area (Å²) in [6.45, 7) is 10.1. The molecule has 2 saturated heterocycles. The number of nitrogens with one attached hydrogen (secondary N) is 2. The van der Waals surface area contributed by atoms with Crippen LogP contribution in [0.1, 0.15) is 62.7 Å². The van der Waals surface area contributed by atoms with Crippen LogP contribution in [0.2, 0.25) is 0 Å². The average molecular weight is 583 g/mol. The number of nitrogens with zero attached hydrogens (tertiary/aromatic N) is 5. The topological polar surface area (TPSA) is 111 Å². The fourth-order valence-electron chi connectivity index (χ4n) is 6.14. The largest absolute Gasteiger partial charge is 0.495 e. The van der Waals surface area contributed by atoms with Gasteiger partial charge in [0.15, 0.2) is 11.5 Å². The van der Waals surface area contributed by atoms with E-state index in [0.717, 1.165) is 51.6 Å². The zero-order valence-electron chi connectivity index (χ0n) is 25.8. The third-order valence-electron chi connectivity index (χ3n) is 8.38. The molecule has 1 unspecified atom stereocenters. The quantitative estimate of drug-likeness (QED) is 0.426. The summed E-state index contributed by atoms with van der Waals surface area (Å²) in [6.07, 6.45) is 7.38. The van der Waals surface area contributed by atoms with E-state index in [1.54, 1.807) is 44.2 Å². The van der Waals surface area contributed by atoms with Gasteiger partial charge in [0.1, 0.15) is 23.1 Å². The van der Waals surface area contributed by atoms with Crippen molar-refractivity contribution in [2.75, 3.05) is 52.7 Å². The monoisotopic (exact) mass is 582 g/mol. The number of amidine groups is 2. The van der Waals surface area contributed by atoms with Gasteiger partial charge in [0.2, 0.25) is 0 Å². The Hall–Kier alpha value is -3.60. The second-order valence-corrected chi connectivity index (χ2v) is 11.6. The molecule has 42 heavy (non-hydrogen) atoms. The number of likely N-dealkylation sites (N-methyl/N-ethyl adjacent to an activating group) is 1. The number of hydrogen-bond acceptors (Lipinski definition) is 7. The molecule has 1 aliphatic carbocycles. The van der Waals surface area contributed by atoms with Crippen LogP contribution < -0.4 is 21.1 Å². The fraction of sp³-hybridized carbons (Fsp3) is 0.581. The number of benzene rings is 1. The summed E-state index contributed by atoms with van der Waals surface area (Å²) in [5, 5.41) is 6.37. The van der Waals surface area contributed by atoms with Crippen molar-refractivity contribution in [2.24, 2.45) is 15.7 Å². The smallest absolute Gasteiger partial charge is 0.251 e. The van der Waals surface area contributed by atoms with Gasteiger partial charge in [-0.15, -0.1) is 0 Å². The summed E-state index contributed by atoms with van der Waals surface area (Å²) >= 11 is 0. The lowest BCUT2D eigenvalue weighted by molar-refractivity contribution is 0.0916. The summed E-state index contributed by atoms with van der Waals surface area (Å²) < 4.78 is 21.9. The molecule has 3 aliphatic rings. The highest BCUT2D eigenvalue weighted by atomic mass is 19.1. The van der Waals surface area contributed by atoms with E-state index in [1.165, 1.54) is 6.20 Å². The second kappa shape index (κ2) is 13.6. The molecule has 1 saturated carbocycles. The Balaban J connectivity index is 1.59. The summed E-state index contributed by atoms with van der Waals surface area (Å²) in [5.74, 6) is 1.56. The maximum Gasteiger partial charge on any atom is 0.251 e. The number of ether oxygens (including phenoxy) is 1. The summed E-state index contributed by atoms with van der Waals surface area (Å²) in [5.41, 5.74) is 6.14. The zero-order chi connectivity index (χ0) is 30.4. The average Bonchev–Trinajstić information content (AvgIpc) is 3.48. The van der Waals surface area contributed by atoms with Crippen molar-refractivity contribution >= 4 is 23.3 Å². The van der Waals surface area contributed by atoms with E-state index in [-0.39, 0.29) is 24.5 Å². The van der Waals surface area contributed by atoms with E-state index in [0.29, 0.717) is 46.7 Å². The van der Waals surface area contributed by atoms with Gasteiger partial charge in [-0.3, -0.25) is 9.79 Å². The zero-order valence-corrected chi connectivity index (χ0v) is 25.8. The molecule has 10 nitrogen and oxygen atoms in total. The third-order valence-corrected chi connectivity index (χ3v) is 8.38. The number of anilines is 1. The van der Waals surface area contributed by atoms with Crippen LogP contribution in [0.15, 0.2) is 52.5 Å². The molecule has 1 aromatic rings. The van der Waals surface area contributed by atoms with Crippen LogP contribution >= 0.6 is 0 Å². The van der Waals surface area contributed by atoms with Gasteiger partial charge < -0.3 is 35.8 Å². The van der Waals surface area contributed by atoms with Crippen molar-refractivity contribution in [1.82, 2.24) is 20.0 Å². The van der Waals surface area contributed by atoms with Gasteiger partial charge in [0.25, 0.3) is 5.91 Å². The molecule has 230 valence electrons. The molecule has 1 aromatic carbocycles. The van der Waals surface area contributed by atoms with Crippen LogP contribution in [0.3, 0.4) is 0 Å². The van der Waals surface area contributed by atoms with Gasteiger partial charge >= 0.3 is 0 Å². The number of nitrogens with two attached hydrogens (primary N) is 1. The highest BCUT2D eigenvalue weighted by Crippen LogP contribution is 2.33. The van der Waals surface area contributed by atoms with Crippen LogP contribution in [-0.4, -0.2) is 97.4 Å².